The molecule has 1 fully saturated rings. The maximum absolute atomic E-state index is 13.6. The van der Waals surface area contributed by atoms with Gasteiger partial charge >= 0.3 is 0 Å². The second-order valence-electron chi connectivity index (χ2n) is 9.09. The fraction of sp³-hybridized carbons (Fsp3) is 0.259. The number of hydrogen-bond donors (Lipinski definition) is 4. The lowest BCUT2D eigenvalue weighted by Gasteiger charge is -2.34. The predicted octanol–water partition coefficient (Wildman–Crippen LogP) is 3.81. The number of likely N-dealkylation sites (tertiary alicyclic amines) is 1. The van der Waals surface area contributed by atoms with Gasteiger partial charge in [-0.1, -0.05) is 42.8 Å². The third-order valence-electron chi connectivity index (χ3n) is 6.53. The van der Waals surface area contributed by atoms with Gasteiger partial charge in [0, 0.05) is 22.5 Å². The number of nitrogen functional groups attached to an aromatic ring is 1. The molecule has 0 aromatic heterocycles. The van der Waals surface area contributed by atoms with E-state index in [1.807, 2.05) is 31.2 Å². The van der Waals surface area contributed by atoms with Crippen molar-refractivity contribution in [3.8, 4) is 0 Å². The van der Waals surface area contributed by atoms with E-state index in [0.717, 1.165) is 43.5 Å². The van der Waals surface area contributed by atoms with Crippen molar-refractivity contribution in [2.75, 3.05) is 24.1 Å². The summed E-state index contributed by atoms with van der Waals surface area (Å²) in [7, 11) is -3.92. The number of nitrogens with two attached hydrogens (primary N) is 2. The lowest BCUT2D eigenvalue weighted by molar-refractivity contribution is -0.122. The lowest BCUT2D eigenvalue weighted by Crippen LogP contribution is -2.40. The fourth-order valence-electron chi connectivity index (χ4n) is 4.62. The highest BCUT2D eigenvalue weighted by molar-refractivity contribution is 7.89. The maximum Gasteiger partial charge on any atom is 0.246 e. The molecule has 3 aromatic carbocycles. The molecule has 0 saturated carbocycles. The van der Waals surface area contributed by atoms with Crippen molar-refractivity contribution < 1.29 is 13.2 Å². The molecule has 8 nitrogen and oxygen atoms in total. The minimum atomic E-state index is -3.92. The number of primary sulfonamides is 1. The van der Waals surface area contributed by atoms with Gasteiger partial charge in [-0.25, -0.2) is 13.6 Å². The Labute approximate surface area is 211 Å². The maximum atomic E-state index is 13.6. The van der Waals surface area contributed by atoms with Crippen molar-refractivity contribution in [2.45, 2.75) is 37.1 Å². The Morgan fingerprint density at radius 2 is 1.72 bits per heavy atom. The first-order chi connectivity index (χ1) is 17.1. The summed E-state index contributed by atoms with van der Waals surface area (Å²) in [4.78, 5) is 15.8. The van der Waals surface area contributed by atoms with E-state index >= 15 is 0 Å². The quantitative estimate of drug-likeness (QED) is 0.285. The highest BCUT2D eigenvalue weighted by Crippen LogP contribution is 2.29. The van der Waals surface area contributed by atoms with Crippen LogP contribution in [-0.2, 0) is 14.8 Å². The molecule has 6 N–H and O–H groups in total. The third kappa shape index (κ3) is 5.64. The Morgan fingerprint density at radius 1 is 1.00 bits per heavy atom. The highest BCUT2D eigenvalue weighted by atomic mass is 32.2. The molecule has 1 aliphatic rings. The van der Waals surface area contributed by atoms with Crippen LogP contribution in [-0.4, -0.2) is 38.0 Å². The van der Waals surface area contributed by atoms with Crippen LogP contribution in [0.15, 0.2) is 71.6 Å². The van der Waals surface area contributed by atoms with Gasteiger partial charge in [0.1, 0.15) is 6.04 Å². The van der Waals surface area contributed by atoms with Crippen LogP contribution in [0.3, 0.4) is 0 Å². The van der Waals surface area contributed by atoms with Gasteiger partial charge in [-0.2, -0.15) is 0 Å². The lowest BCUT2D eigenvalue weighted by atomic mass is 9.96. The monoisotopic (exact) mass is 505 g/mol. The molecule has 1 heterocycles. The van der Waals surface area contributed by atoms with E-state index in [4.69, 9.17) is 16.3 Å². The summed E-state index contributed by atoms with van der Waals surface area (Å²) < 4.78 is 23.5. The zero-order valence-electron chi connectivity index (χ0n) is 20.2. The first kappa shape index (κ1) is 25.6. The predicted molar refractivity (Wildman–Crippen MR) is 143 cm³/mol. The molecule has 1 saturated heterocycles. The van der Waals surface area contributed by atoms with Crippen LogP contribution in [0, 0.1) is 12.3 Å². The van der Waals surface area contributed by atoms with Crippen LogP contribution in [0.1, 0.15) is 47.6 Å². The zero-order valence-corrected chi connectivity index (χ0v) is 21.0. The Balaban J connectivity index is 1.64. The van der Waals surface area contributed by atoms with E-state index in [1.54, 1.807) is 24.3 Å². The molecular weight excluding hydrogens is 474 g/mol. The van der Waals surface area contributed by atoms with Crippen LogP contribution in [0.4, 0.5) is 11.4 Å². The Morgan fingerprint density at radius 3 is 2.42 bits per heavy atom. The van der Waals surface area contributed by atoms with Crippen molar-refractivity contribution in [1.82, 2.24) is 4.90 Å². The number of sulfonamides is 1. The number of carbonyl (C=O) groups excluding carboxylic acids is 1. The minimum Gasteiger partial charge on any atom is -0.398 e. The molecule has 4 rings (SSSR count). The second kappa shape index (κ2) is 10.6. The van der Waals surface area contributed by atoms with Crippen LogP contribution >= 0.6 is 0 Å². The van der Waals surface area contributed by atoms with E-state index in [9.17, 15) is 13.2 Å². The molecule has 1 amide bonds. The van der Waals surface area contributed by atoms with E-state index in [-0.39, 0.29) is 16.5 Å². The molecule has 1 aliphatic heterocycles. The molecule has 1 atom stereocenters. The second-order valence-corrected chi connectivity index (χ2v) is 10.7. The van der Waals surface area contributed by atoms with Gasteiger partial charge in [0.05, 0.1) is 10.6 Å². The fourth-order valence-corrected chi connectivity index (χ4v) is 5.18. The topological polar surface area (TPSA) is 142 Å². The van der Waals surface area contributed by atoms with Crippen molar-refractivity contribution in [1.29, 1.82) is 5.41 Å². The van der Waals surface area contributed by atoms with E-state index in [2.05, 4.69) is 10.2 Å². The Hall–Kier alpha value is -3.53. The van der Waals surface area contributed by atoms with Crippen LogP contribution in [0.5, 0.6) is 0 Å². The normalized spacial score (nSPS) is 15.3. The van der Waals surface area contributed by atoms with Crippen molar-refractivity contribution in [3.05, 3.63) is 89.0 Å². The summed E-state index contributed by atoms with van der Waals surface area (Å²) in [5.74, 6) is -0.148. The number of nitrogens with one attached hydrogen (secondary N) is 2. The molecule has 0 aliphatic carbocycles. The Bertz CT molecular complexity index is 1400. The molecular formula is C27H31N5O3S. The first-order valence-electron chi connectivity index (χ1n) is 11.9. The van der Waals surface area contributed by atoms with Crippen LogP contribution < -0.4 is 16.2 Å². The number of piperidine rings is 1. The van der Waals surface area contributed by atoms with Crippen molar-refractivity contribution in [2.24, 2.45) is 5.14 Å². The average molecular weight is 506 g/mol. The SMILES string of the molecule is Cc1ccccc1C(C(=O)Nc1ccc(N)c(C(=N)c2cccc(S(N)(=O)=O)c2)c1)N1CCCCC1. The van der Waals surface area contributed by atoms with Crippen molar-refractivity contribution >= 4 is 33.0 Å². The smallest absolute Gasteiger partial charge is 0.246 e. The van der Waals surface area contributed by atoms with Gasteiger partial charge in [0.2, 0.25) is 15.9 Å². The van der Waals surface area contributed by atoms with Crippen LogP contribution in [0.2, 0.25) is 0 Å². The van der Waals surface area contributed by atoms with Crippen molar-refractivity contribution in [3.63, 3.8) is 0 Å². The Kier molecular flexibility index (Phi) is 7.53. The summed E-state index contributed by atoms with van der Waals surface area (Å²) >= 11 is 0. The molecule has 9 heteroatoms. The average Bonchev–Trinajstić information content (AvgIpc) is 2.86. The molecule has 0 radical (unpaired) electrons. The molecule has 0 spiro atoms. The van der Waals surface area contributed by atoms with Gasteiger partial charge < -0.3 is 11.1 Å². The number of aryl methyl sites for hydroxylation is 1. The molecule has 1 unspecified atom stereocenters. The van der Waals surface area contributed by atoms with E-state index in [0.29, 0.717) is 22.5 Å². The summed E-state index contributed by atoms with van der Waals surface area (Å²) in [6.45, 7) is 3.72. The first-order valence-corrected chi connectivity index (χ1v) is 13.4. The molecule has 188 valence electrons. The number of anilines is 2. The van der Waals surface area contributed by atoms with E-state index in [1.165, 1.54) is 18.2 Å². The number of rotatable bonds is 7. The van der Waals surface area contributed by atoms with Gasteiger partial charge in [-0.05, 0) is 74.3 Å². The molecule has 0 bridgehead atoms. The zero-order chi connectivity index (χ0) is 25.9. The number of amides is 1. The number of benzene rings is 3. The van der Waals surface area contributed by atoms with Gasteiger partial charge in [-0.3, -0.25) is 15.1 Å². The number of hydrogen-bond acceptors (Lipinski definition) is 6. The number of carbonyl (C=O) groups is 1. The van der Waals surface area contributed by atoms with Gasteiger partial charge in [-0.15, -0.1) is 0 Å². The standard InChI is InChI=1S/C27H31N5O3S/c1-18-8-3-4-11-22(18)26(32-14-5-2-6-15-32)27(33)31-20-12-13-24(28)23(17-20)25(29)19-9-7-10-21(16-19)36(30,34)35/h3-4,7-13,16-17,26,29H,2,5-6,14-15,28H2,1H3,(H,31,33)(H2,30,34,35). The van der Waals surface area contributed by atoms with Crippen LogP contribution in [0.25, 0.3) is 0 Å². The summed E-state index contributed by atoms with van der Waals surface area (Å²) in [5.41, 5.74) is 9.79. The highest BCUT2D eigenvalue weighted by Gasteiger charge is 2.30. The summed E-state index contributed by atoms with van der Waals surface area (Å²) in [5, 5.41) is 16.9. The summed E-state index contributed by atoms with van der Waals surface area (Å²) in [6, 6.07) is 18.3. The molecule has 36 heavy (non-hydrogen) atoms. The molecule has 3 aromatic rings. The van der Waals surface area contributed by atoms with E-state index < -0.39 is 16.1 Å². The minimum absolute atomic E-state index is 0.0283. The van der Waals surface area contributed by atoms with Gasteiger partial charge in [0.25, 0.3) is 0 Å². The summed E-state index contributed by atoms with van der Waals surface area (Å²) in [6.07, 6.45) is 3.27. The van der Waals surface area contributed by atoms with Gasteiger partial charge in [0.15, 0.2) is 0 Å². The third-order valence-corrected chi connectivity index (χ3v) is 7.44. The largest absolute Gasteiger partial charge is 0.398 e. The number of nitrogens with zero attached hydrogens (tertiary/aromatic N) is 1.